The molecular weight excluding hydrogens is 160 g/mol. The van der Waals surface area contributed by atoms with Gasteiger partial charge in [-0.3, -0.25) is 0 Å². The zero-order valence-electron chi connectivity index (χ0n) is 8.03. The molecule has 1 heteroatoms. The summed E-state index contributed by atoms with van der Waals surface area (Å²) in [6, 6.07) is 10.3. The van der Waals surface area contributed by atoms with Gasteiger partial charge in [-0.05, 0) is 24.8 Å². The quantitative estimate of drug-likeness (QED) is 0.734. The van der Waals surface area contributed by atoms with Crippen molar-refractivity contribution in [3.05, 3.63) is 35.9 Å². The van der Waals surface area contributed by atoms with Crippen LogP contribution in [0.5, 0.6) is 0 Å². The zero-order valence-corrected chi connectivity index (χ0v) is 8.03. The van der Waals surface area contributed by atoms with Gasteiger partial charge < -0.3 is 5.11 Å². The molecule has 1 saturated carbocycles. The average molecular weight is 176 g/mol. The van der Waals surface area contributed by atoms with Gasteiger partial charge in [-0.15, -0.1) is 0 Å². The summed E-state index contributed by atoms with van der Waals surface area (Å²) in [7, 11) is 0. The molecule has 0 unspecified atom stereocenters. The van der Waals surface area contributed by atoms with Crippen LogP contribution in [0.15, 0.2) is 30.3 Å². The minimum atomic E-state index is -0.415. The standard InChI is InChI=1S/C12H16O/c1-10(12(13)8-5-9-12)11-6-3-2-4-7-11/h2-4,6-7,10,13H,5,8-9H2,1H3/t10-/m1/s1. The molecule has 0 aliphatic heterocycles. The fraction of sp³-hybridized carbons (Fsp3) is 0.500. The van der Waals surface area contributed by atoms with Gasteiger partial charge in [0.1, 0.15) is 0 Å². The summed E-state index contributed by atoms with van der Waals surface area (Å²) >= 11 is 0. The SMILES string of the molecule is C[C@H](c1ccccc1)C1(O)CCC1. The van der Waals surface area contributed by atoms with Gasteiger partial charge in [0.05, 0.1) is 5.60 Å². The van der Waals surface area contributed by atoms with Crippen LogP contribution >= 0.6 is 0 Å². The molecule has 13 heavy (non-hydrogen) atoms. The molecule has 0 radical (unpaired) electrons. The summed E-state index contributed by atoms with van der Waals surface area (Å²) in [5.41, 5.74) is 0.839. The molecule has 1 aromatic carbocycles. The highest BCUT2D eigenvalue weighted by molar-refractivity contribution is 5.23. The lowest BCUT2D eigenvalue weighted by atomic mass is 9.69. The van der Waals surface area contributed by atoms with E-state index in [4.69, 9.17) is 0 Å². The van der Waals surface area contributed by atoms with Gasteiger partial charge in [-0.1, -0.05) is 37.3 Å². The van der Waals surface area contributed by atoms with Crippen LogP contribution in [0.2, 0.25) is 0 Å². The molecule has 0 heterocycles. The van der Waals surface area contributed by atoms with E-state index in [1.165, 1.54) is 12.0 Å². The van der Waals surface area contributed by atoms with Crippen LogP contribution in [0.3, 0.4) is 0 Å². The van der Waals surface area contributed by atoms with Crippen molar-refractivity contribution in [3.63, 3.8) is 0 Å². The van der Waals surface area contributed by atoms with E-state index in [9.17, 15) is 5.11 Å². The van der Waals surface area contributed by atoms with Gasteiger partial charge in [0.2, 0.25) is 0 Å². The Morgan fingerprint density at radius 1 is 1.23 bits per heavy atom. The summed E-state index contributed by atoms with van der Waals surface area (Å²) in [5, 5.41) is 10.1. The smallest absolute Gasteiger partial charge is 0.0713 e. The van der Waals surface area contributed by atoms with Gasteiger partial charge in [0.25, 0.3) is 0 Å². The van der Waals surface area contributed by atoms with Crippen LogP contribution in [0.1, 0.15) is 37.7 Å². The molecule has 0 aromatic heterocycles. The Morgan fingerprint density at radius 3 is 2.31 bits per heavy atom. The van der Waals surface area contributed by atoms with Crippen molar-refractivity contribution in [2.24, 2.45) is 0 Å². The molecule has 1 nitrogen and oxygen atoms in total. The third kappa shape index (κ3) is 1.49. The minimum Gasteiger partial charge on any atom is -0.389 e. The van der Waals surface area contributed by atoms with Crippen LogP contribution in [0.25, 0.3) is 0 Å². The van der Waals surface area contributed by atoms with E-state index < -0.39 is 5.60 Å². The summed E-state index contributed by atoms with van der Waals surface area (Å²) in [6.45, 7) is 2.12. The number of hydrogen-bond donors (Lipinski definition) is 1. The molecule has 1 aliphatic rings. The predicted octanol–water partition coefficient (Wildman–Crippen LogP) is 2.71. The molecule has 0 spiro atoms. The number of hydrogen-bond acceptors (Lipinski definition) is 1. The normalized spacial score (nSPS) is 22.0. The van der Waals surface area contributed by atoms with Crippen molar-refractivity contribution in [1.82, 2.24) is 0 Å². The minimum absolute atomic E-state index is 0.280. The highest BCUT2D eigenvalue weighted by Gasteiger charge is 2.40. The Kier molecular flexibility index (Phi) is 2.12. The van der Waals surface area contributed by atoms with E-state index >= 15 is 0 Å². The molecule has 2 rings (SSSR count). The third-order valence-electron chi connectivity index (χ3n) is 3.32. The molecule has 1 atom stereocenters. The van der Waals surface area contributed by atoms with Gasteiger partial charge in [-0.25, -0.2) is 0 Å². The van der Waals surface area contributed by atoms with Crippen LogP contribution in [0.4, 0.5) is 0 Å². The van der Waals surface area contributed by atoms with Crippen molar-refractivity contribution < 1.29 is 5.11 Å². The van der Waals surface area contributed by atoms with Crippen molar-refractivity contribution in [2.45, 2.75) is 37.7 Å². The van der Waals surface area contributed by atoms with Gasteiger partial charge in [-0.2, -0.15) is 0 Å². The highest BCUT2D eigenvalue weighted by Crippen LogP contribution is 2.42. The Hall–Kier alpha value is -0.820. The Bertz CT molecular complexity index is 274. The van der Waals surface area contributed by atoms with Crippen LogP contribution < -0.4 is 0 Å². The topological polar surface area (TPSA) is 20.2 Å². The van der Waals surface area contributed by atoms with Crippen molar-refractivity contribution in [2.75, 3.05) is 0 Å². The molecule has 1 N–H and O–H groups in total. The van der Waals surface area contributed by atoms with E-state index in [0.717, 1.165) is 12.8 Å². The Morgan fingerprint density at radius 2 is 1.85 bits per heavy atom. The molecule has 0 amide bonds. The van der Waals surface area contributed by atoms with E-state index in [1.807, 2.05) is 18.2 Å². The largest absolute Gasteiger partial charge is 0.389 e. The second-order valence-corrected chi connectivity index (χ2v) is 4.09. The molecule has 1 fully saturated rings. The average Bonchev–Trinajstić information content (AvgIpc) is 2.14. The monoisotopic (exact) mass is 176 g/mol. The van der Waals surface area contributed by atoms with Crippen LogP contribution in [-0.2, 0) is 0 Å². The van der Waals surface area contributed by atoms with Crippen LogP contribution in [-0.4, -0.2) is 10.7 Å². The maximum absolute atomic E-state index is 10.1. The molecule has 1 aliphatic carbocycles. The second-order valence-electron chi connectivity index (χ2n) is 4.09. The molecule has 1 aromatic rings. The first kappa shape index (κ1) is 8.76. The molecule has 70 valence electrons. The van der Waals surface area contributed by atoms with Gasteiger partial charge >= 0.3 is 0 Å². The first-order valence-electron chi connectivity index (χ1n) is 5.00. The van der Waals surface area contributed by atoms with Crippen molar-refractivity contribution >= 4 is 0 Å². The van der Waals surface area contributed by atoms with Crippen LogP contribution in [0, 0.1) is 0 Å². The van der Waals surface area contributed by atoms with E-state index in [0.29, 0.717) is 0 Å². The summed E-state index contributed by atoms with van der Waals surface area (Å²) in [5.74, 6) is 0.280. The lowest BCUT2D eigenvalue weighted by Gasteiger charge is -2.42. The maximum atomic E-state index is 10.1. The molecular formula is C12H16O. The lowest BCUT2D eigenvalue weighted by Crippen LogP contribution is -2.41. The number of aliphatic hydroxyl groups is 1. The Labute approximate surface area is 79.4 Å². The molecule has 0 bridgehead atoms. The Balaban J connectivity index is 2.17. The summed E-state index contributed by atoms with van der Waals surface area (Å²) < 4.78 is 0. The van der Waals surface area contributed by atoms with Gasteiger partial charge in [0.15, 0.2) is 0 Å². The fourth-order valence-corrected chi connectivity index (χ4v) is 2.02. The maximum Gasteiger partial charge on any atom is 0.0713 e. The summed E-state index contributed by atoms with van der Waals surface area (Å²) in [6.07, 6.45) is 3.10. The predicted molar refractivity (Wildman–Crippen MR) is 53.7 cm³/mol. The fourth-order valence-electron chi connectivity index (χ4n) is 2.02. The van der Waals surface area contributed by atoms with Crippen molar-refractivity contribution in [1.29, 1.82) is 0 Å². The van der Waals surface area contributed by atoms with E-state index in [-0.39, 0.29) is 5.92 Å². The highest BCUT2D eigenvalue weighted by atomic mass is 16.3. The number of rotatable bonds is 2. The summed E-state index contributed by atoms with van der Waals surface area (Å²) in [4.78, 5) is 0. The zero-order chi connectivity index (χ0) is 9.31. The lowest BCUT2D eigenvalue weighted by molar-refractivity contribution is -0.0527. The molecule has 0 saturated heterocycles. The number of benzene rings is 1. The second kappa shape index (κ2) is 3.15. The van der Waals surface area contributed by atoms with Gasteiger partial charge in [0, 0.05) is 5.92 Å². The third-order valence-corrected chi connectivity index (χ3v) is 3.32. The van der Waals surface area contributed by atoms with Crippen molar-refractivity contribution in [3.8, 4) is 0 Å². The van der Waals surface area contributed by atoms with E-state index in [2.05, 4.69) is 19.1 Å². The first-order valence-corrected chi connectivity index (χ1v) is 5.00. The van der Waals surface area contributed by atoms with E-state index in [1.54, 1.807) is 0 Å². The first-order chi connectivity index (χ1) is 6.22.